The number of carbonyl (C=O) groups excluding carboxylic acids is 3. The average molecular weight is 437 g/mol. The normalized spacial score (nSPS) is 13.8. The number of aromatic nitrogens is 2. The summed E-state index contributed by atoms with van der Waals surface area (Å²) in [6.45, 7) is 15.3. The molecule has 0 saturated carbocycles. The van der Waals surface area contributed by atoms with Gasteiger partial charge in [0.1, 0.15) is 35.5 Å². The maximum absolute atomic E-state index is 12.9. The molecular formula is C20H31N5O6. The first-order valence-corrected chi connectivity index (χ1v) is 9.84. The molecule has 0 aromatic carbocycles. The SMILES string of the molecule is CC(C)(C)OC(=O)N1CNc2c1ncnc2N(C(=O)OC(C)(C)C)C(=O)OC(C)(C)C. The summed E-state index contributed by atoms with van der Waals surface area (Å²) in [5, 5.41) is 2.94. The standard InChI is InChI=1S/C20H31N5O6/c1-18(2,3)29-15(26)24-11-23-12-13(24)21-10-22-14(12)25(16(27)30-19(4,5)6)17(28)31-20(7,8)9/h10,23H,11H2,1-9H3. The second kappa shape index (κ2) is 8.20. The van der Waals surface area contributed by atoms with E-state index in [0.29, 0.717) is 4.90 Å². The van der Waals surface area contributed by atoms with E-state index in [1.165, 1.54) is 4.90 Å². The minimum absolute atomic E-state index is 0.0203. The maximum Gasteiger partial charge on any atom is 0.425 e. The minimum Gasteiger partial charge on any atom is -0.443 e. The van der Waals surface area contributed by atoms with Gasteiger partial charge in [-0.25, -0.2) is 29.3 Å². The highest BCUT2D eigenvalue weighted by atomic mass is 16.6. The number of anilines is 3. The van der Waals surface area contributed by atoms with Crippen molar-refractivity contribution < 1.29 is 28.6 Å². The third-order valence-corrected chi connectivity index (χ3v) is 3.45. The first-order chi connectivity index (χ1) is 14.0. The molecule has 1 aliphatic heterocycles. The molecule has 2 heterocycles. The number of imide groups is 1. The summed E-state index contributed by atoms with van der Waals surface area (Å²) in [6, 6.07) is 0. The molecule has 1 N–H and O–H groups in total. The zero-order valence-corrected chi connectivity index (χ0v) is 19.5. The molecule has 0 bridgehead atoms. The molecule has 0 saturated heterocycles. The van der Waals surface area contributed by atoms with Crippen molar-refractivity contribution in [2.75, 3.05) is 21.8 Å². The Labute approximate surface area is 182 Å². The van der Waals surface area contributed by atoms with E-state index in [1.807, 2.05) is 0 Å². The first-order valence-electron chi connectivity index (χ1n) is 9.84. The number of ether oxygens (including phenoxy) is 3. The van der Waals surface area contributed by atoms with Gasteiger partial charge in [-0.05, 0) is 62.3 Å². The molecule has 0 radical (unpaired) electrons. The number of rotatable bonds is 1. The van der Waals surface area contributed by atoms with E-state index in [0.717, 1.165) is 6.33 Å². The van der Waals surface area contributed by atoms with Crippen molar-refractivity contribution in [3.8, 4) is 0 Å². The van der Waals surface area contributed by atoms with Gasteiger partial charge in [-0.15, -0.1) is 0 Å². The Morgan fingerprint density at radius 3 is 1.81 bits per heavy atom. The zero-order chi connectivity index (χ0) is 23.8. The van der Waals surface area contributed by atoms with Gasteiger partial charge in [0.25, 0.3) is 0 Å². The third-order valence-electron chi connectivity index (χ3n) is 3.45. The summed E-state index contributed by atoms with van der Waals surface area (Å²) in [5.41, 5.74) is -2.26. The number of fused-ring (bicyclic) bond motifs is 1. The van der Waals surface area contributed by atoms with Crippen LogP contribution in [0.15, 0.2) is 6.33 Å². The molecule has 172 valence electrons. The second-order valence-electron chi connectivity index (χ2n) is 9.94. The van der Waals surface area contributed by atoms with Crippen LogP contribution in [0.25, 0.3) is 0 Å². The highest BCUT2D eigenvalue weighted by molar-refractivity contribution is 6.12. The minimum atomic E-state index is -0.972. The van der Waals surface area contributed by atoms with Gasteiger partial charge in [-0.2, -0.15) is 4.90 Å². The number of nitrogens with zero attached hydrogens (tertiary/aromatic N) is 4. The molecule has 11 nitrogen and oxygen atoms in total. The van der Waals surface area contributed by atoms with Crippen LogP contribution in [0.3, 0.4) is 0 Å². The van der Waals surface area contributed by atoms with Crippen LogP contribution in [0.1, 0.15) is 62.3 Å². The van der Waals surface area contributed by atoms with Crippen LogP contribution < -0.4 is 15.1 Å². The number of amides is 3. The highest BCUT2D eigenvalue weighted by Crippen LogP contribution is 2.38. The molecule has 3 amide bonds. The van der Waals surface area contributed by atoms with Crippen LogP contribution in [0.2, 0.25) is 0 Å². The van der Waals surface area contributed by atoms with E-state index in [1.54, 1.807) is 62.3 Å². The fourth-order valence-corrected chi connectivity index (χ4v) is 2.46. The van der Waals surface area contributed by atoms with Crippen LogP contribution in [0, 0.1) is 0 Å². The Morgan fingerprint density at radius 2 is 1.35 bits per heavy atom. The molecule has 2 rings (SSSR count). The van der Waals surface area contributed by atoms with Crippen LogP contribution in [0.5, 0.6) is 0 Å². The van der Waals surface area contributed by atoms with Gasteiger partial charge in [0.2, 0.25) is 0 Å². The average Bonchev–Trinajstić information content (AvgIpc) is 2.94. The number of hydrogen-bond acceptors (Lipinski definition) is 9. The van der Waals surface area contributed by atoms with Crippen molar-refractivity contribution in [1.82, 2.24) is 9.97 Å². The highest BCUT2D eigenvalue weighted by Gasteiger charge is 2.39. The summed E-state index contributed by atoms with van der Waals surface area (Å²) in [7, 11) is 0. The van der Waals surface area contributed by atoms with E-state index in [-0.39, 0.29) is 24.0 Å². The molecule has 0 fully saturated rings. The Bertz CT molecular complexity index is 838. The predicted molar refractivity (Wildman–Crippen MR) is 114 cm³/mol. The van der Waals surface area contributed by atoms with Crippen molar-refractivity contribution in [2.24, 2.45) is 0 Å². The van der Waals surface area contributed by atoms with Crippen LogP contribution >= 0.6 is 0 Å². The second-order valence-corrected chi connectivity index (χ2v) is 9.94. The van der Waals surface area contributed by atoms with Gasteiger partial charge >= 0.3 is 18.3 Å². The van der Waals surface area contributed by atoms with E-state index in [2.05, 4.69) is 15.3 Å². The Morgan fingerprint density at radius 1 is 0.871 bits per heavy atom. The van der Waals surface area contributed by atoms with Gasteiger partial charge in [0.15, 0.2) is 11.6 Å². The summed E-state index contributed by atoms with van der Waals surface area (Å²) >= 11 is 0. The van der Waals surface area contributed by atoms with Gasteiger partial charge in [0.05, 0.1) is 0 Å². The lowest BCUT2D eigenvalue weighted by molar-refractivity contribution is 0.0428. The van der Waals surface area contributed by atoms with E-state index in [4.69, 9.17) is 14.2 Å². The lowest BCUT2D eigenvalue weighted by Crippen LogP contribution is -2.44. The van der Waals surface area contributed by atoms with Gasteiger partial charge in [0, 0.05) is 0 Å². The van der Waals surface area contributed by atoms with Crippen molar-refractivity contribution >= 4 is 35.6 Å². The van der Waals surface area contributed by atoms with Crippen molar-refractivity contribution in [2.45, 2.75) is 79.1 Å². The van der Waals surface area contributed by atoms with Gasteiger partial charge in [-0.1, -0.05) is 0 Å². The van der Waals surface area contributed by atoms with Gasteiger partial charge in [-0.3, -0.25) is 0 Å². The monoisotopic (exact) mass is 437 g/mol. The summed E-state index contributed by atoms with van der Waals surface area (Å²) in [6.07, 6.45) is -1.44. The molecule has 0 atom stereocenters. The van der Waals surface area contributed by atoms with Crippen molar-refractivity contribution in [3.05, 3.63) is 6.33 Å². The molecule has 11 heteroatoms. The Balaban J connectivity index is 2.47. The first kappa shape index (κ1) is 24.2. The lowest BCUT2D eigenvalue weighted by atomic mass is 10.2. The van der Waals surface area contributed by atoms with E-state index in [9.17, 15) is 14.4 Å². The van der Waals surface area contributed by atoms with E-state index >= 15 is 0 Å². The lowest BCUT2D eigenvalue weighted by Gasteiger charge is -2.28. The summed E-state index contributed by atoms with van der Waals surface area (Å²) < 4.78 is 16.2. The number of carbonyl (C=O) groups is 3. The fourth-order valence-electron chi connectivity index (χ4n) is 2.46. The topological polar surface area (TPSA) is 123 Å². The molecular weight excluding hydrogens is 406 g/mol. The molecule has 0 unspecified atom stereocenters. The number of hydrogen-bond donors (Lipinski definition) is 1. The molecule has 1 aromatic heterocycles. The third kappa shape index (κ3) is 6.43. The smallest absolute Gasteiger partial charge is 0.425 e. The van der Waals surface area contributed by atoms with E-state index < -0.39 is 35.1 Å². The van der Waals surface area contributed by atoms with Crippen molar-refractivity contribution in [1.29, 1.82) is 0 Å². The summed E-state index contributed by atoms with van der Waals surface area (Å²) in [5.74, 6) is 0.0657. The maximum atomic E-state index is 12.9. The zero-order valence-electron chi connectivity index (χ0n) is 19.5. The van der Waals surface area contributed by atoms with Crippen LogP contribution in [-0.2, 0) is 14.2 Å². The van der Waals surface area contributed by atoms with Crippen LogP contribution in [-0.4, -0.2) is 51.7 Å². The molecule has 31 heavy (non-hydrogen) atoms. The Kier molecular flexibility index (Phi) is 6.39. The molecule has 0 spiro atoms. The predicted octanol–water partition coefficient (Wildman–Crippen LogP) is 4.28. The van der Waals surface area contributed by atoms with Crippen molar-refractivity contribution in [3.63, 3.8) is 0 Å². The molecule has 1 aromatic rings. The largest absolute Gasteiger partial charge is 0.443 e. The summed E-state index contributed by atoms with van der Waals surface area (Å²) in [4.78, 5) is 48.5. The van der Waals surface area contributed by atoms with Gasteiger partial charge < -0.3 is 19.5 Å². The quantitative estimate of drug-likeness (QED) is 0.641. The molecule has 0 aliphatic carbocycles. The number of nitrogens with one attached hydrogen (secondary N) is 1. The fraction of sp³-hybridized carbons (Fsp3) is 0.650. The van der Waals surface area contributed by atoms with Crippen LogP contribution in [0.4, 0.5) is 31.7 Å². The molecule has 1 aliphatic rings. The Hall–Kier alpha value is -3.11.